The summed E-state index contributed by atoms with van der Waals surface area (Å²) >= 11 is 0. The normalized spacial score (nSPS) is 17.9. The Morgan fingerprint density at radius 1 is 1.10 bits per heavy atom. The highest BCUT2D eigenvalue weighted by Crippen LogP contribution is 2.43. The Hall–Kier alpha value is -2.83. The van der Waals surface area contributed by atoms with Crippen molar-refractivity contribution in [3.63, 3.8) is 0 Å². The molecule has 2 aromatic rings. The van der Waals surface area contributed by atoms with E-state index in [1.165, 1.54) is 0 Å². The van der Waals surface area contributed by atoms with Crippen molar-refractivity contribution in [3.05, 3.63) is 35.8 Å². The largest absolute Gasteiger partial charge is 0.444 e. The van der Waals surface area contributed by atoms with Gasteiger partial charge < -0.3 is 19.8 Å². The lowest BCUT2D eigenvalue weighted by Gasteiger charge is -2.38. The van der Waals surface area contributed by atoms with Crippen LogP contribution in [0.2, 0.25) is 18.1 Å². The van der Waals surface area contributed by atoms with E-state index in [9.17, 15) is 4.79 Å². The average molecular weight is 596 g/mol. The van der Waals surface area contributed by atoms with Crippen LogP contribution in [-0.2, 0) is 14.7 Å². The summed E-state index contributed by atoms with van der Waals surface area (Å²) in [5.41, 5.74) is 2.06. The Kier molecular flexibility index (Phi) is 10.6. The van der Waals surface area contributed by atoms with Crippen LogP contribution >= 0.6 is 0 Å². The number of rotatable bonds is 8. The Bertz CT molecular complexity index is 1270. The lowest BCUT2D eigenvalue weighted by atomic mass is 10.0. The fraction of sp³-hybridized carbons (Fsp3) is 0.667. The van der Waals surface area contributed by atoms with Gasteiger partial charge in [-0.1, -0.05) is 26.7 Å². The summed E-state index contributed by atoms with van der Waals surface area (Å²) in [5.74, 6) is 7.67. The van der Waals surface area contributed by atoms with Gasteiger partial charge in [-0.3, -0.25) is 0 Å². The predicted octanol–water partition coefficient (Wildman–Crippen LogP) is 8.09. The zero-order valence-corrected chi connectivity index (χ0v) is 28.8. The average Bonchev–Trinajstić information content (AvgIpc) is 3.46. The summed E-state index contributed by atoms with van der Waals surface area (Å²) in [6, 6.07) is 6.12. The molecule has 2 heterocycles. The van der Waals surface area contributed by atoms with E-state index in [0.717, 1.165) is 42.9 Å². The van der Waals surface area contributed by atoms with Crippen molar-refractivity contribution in [1.29, 1.82) is 0 Å². The first kappa shape index (κ1) is 33.7. The third-order valence-electron chi connectivity index (χ3n) is 7.83. The van der Waals surface area contributed by atoms with Gasteiger partial charge in [0, 0.05) is 42.9 Å². The Balaban J connectivity index is 1.63. The van der Waals surface area contributed by atoms with Gasteiger partial charge in [-0.05, 0) is 103 Å². The summed E-state index contributed by atoms with van der Waals surface area (Å²) in [5, 5.41) is 11.7. The SMILES string of the molecule is CC(C)(C)OC(=O)NCCCC#Cc1cc(Nc2cc([C@H]3CC[C@@H](O[Si](C)(C)C(C)(C)C)C3)nn2C(C)(C)C)ccn1. The van der Waals surface area contributed by atoms with Crippen molar-refractivity contribution >= 4 is 25.9 Å². The van der Waals surface area contributed by atoms with E-state index in [1.54, 1.807) is 6.20 Å². The Labute approximate surface area is 254 Å². The molecule has 0 spiro atoms. The van der Waals surface area contributed by atoms with Crippen LogP contribution in [0.1, 0.15) is 112 Å². The molecule has 2 atom stereocenters. The van der Waals surface area contributed by atoms with Crippen LogP contribution in [0.25, 0.3) is 0 Å². The molecule has 1 fully saturated rings. The van der Waals surface area contributed by atoms with Crippen molar-refractivity contribution in [2.75, 3.05) is 11.9 Å². The topological polar surface area (TPSA) is 90.3 Å². The molecule has 8 nitrogen and oxygen atoms in total. The molecule has 9 heteroatoms. The number of amides is 1. The first-order valence-corrected chi connectivity index (χ1v) is 18.2. The highest BCUT2D eigenvalue weighted by molar-refractivity contribution is 6.74. The number of carbonyl (C=O) groups excluding carboxylic acids is 1. The number of alkyl carbamates (subject to hydrolysis) is 1. The molecule has 2 aromatic heterocycles. The molecule has 232 valence electrons. The van der Waals surface area contributed by atoms with Crippen LogP contribution < -0.4 is 10.6 Å². The van der Waals surface area contributed by atoms with Crippen LogP contribution in [0.3, 0.4) is 0 Å². The van der Waals surface area contributed by atoms with E-state index in [1.807, 2.05) is 32.9 Å². The number of ether oxygens (including phenoxy) is 1. The smallest absolute Gasteiger partial charge is 0.407 e. The standard InChI is InChI=1S/C33H53N5O3Si/c1-31(2,3)38-29(23-28(37-38)24-16-17-27(21-24)41-42(10,11)33(7,8)9)36-26-18-20-34-25(22-26)15-13-12-14-19-35-30(39)40-32(4,5)6/h18,20,22-24,27H,12,14,16-17,19,21H2,1-11H3,(H,34,36)(H,35,39)/t24-,27+/m0/s1. The zero-order valence-electron chi connectivity index (χ0n) is 27.8. The van der Waals surface area contributed by atoms with E-state index in [0.29, 0.717) is 30.7 Å². The molecular formula is C33H53N5O3Si. The maximum absolute atomic E-state index is 11.8. The molecule has 0 saturated heterocycles. The minimum Gasteiger partial charge on any atom is -0.444 e. The Morgan fingerprint density at radius 3 is 2.45 bits per heavy atom. The lowest BCUT2D eigenvalue weighted by molar-refractivity contribution is 0.0527. The van der Waals surface area contributed by atoms with Crippen LogP contribution in [0.15, 0.2) is 24.4 Å². The van der Waals surface area contributed by atoms with E-state index in [2.05, 4.69) is 92.8 Å². The fourth-order valence-electron chi connectivity index (χ4n) is 4.67. The molecule has 1 saturated carbocycles. The number of aromatic nitrogens is 3. The number of nitrogens with one attached hydrogen (secondary N) is 2. The summed E-state index contributed by atoms with van der Waals surface area (Å²) in [6.45, 7) is 24.2. The highest BCUT2D eigenvalue weighted by Gasteiger charge is 2.41. The number of unbranched alkanes of at least 4 members (excludes halogenated alkanes) is 1. The molecule has 2 N–H and O–H groups in total. The van der Waals surface area contributed by atoms with Gasteiger partial charge in [0.25, 0.3) is 0 Å². The van der Waals surface area contributed by atoms with Gasteiger partial charge in [-0.25, -0.2) is 14.5 Å². The van der Waals surface area contributed by atoms with Crippen molar-refractivity contribution in [2.45, 2.75) is 136 Å². The third kappa shape index (κ3) is 9.87. The van der Waals surface area contributed by atoms with E-state index in [-0.39, 0.29) is 10.6 Å². The number of anilines is 2. The molecule has 42 heavy (non-hydrogen) atoms. The zero-order chi connectivity index (χ0) is 31.3. The number of pyridine rings is 1. The van der Waals surface area contributed by atoms with Gasteiger partial charge >= 0.3 is 6.09 Å². The second kappa shape index (κ2) is 13.2. The second-order valence-corrected chi connectivity index (χ2v) is 19.7. The molecule has 0 radical (unpaired) electrons. The number of carbonyl (C=O) groups is 1. The molecule has 0 unspecified atom stereocenters. The molecule has 0 aromatic carbocycles. The minimum absolute atomic E-state index is 0.181. The minimum atomic E-state index is -1.80. The van der Waals surface area contributed by atoms with Crippen LogP contribution in [0, 0.1) is 11.8 Å². The van der Waals surface area contributed by atoms with E-state index >= 15 is 0 Å². The molecule has 0 aliphatic heterocycles. The van der Waals surface area contributed by atoms with Gasteiger partial charge in [0.15, 0.2) is 8.32 Å². The first-order chi connectivity index (χ1) is 19.3. The summed E-state index contributed by atoms with van der Waals surface area (Å²) in [6.07, 6.45) is 6.28. The van der Waals surface area contributed by atoms with Crippen molar-refractivity contribution in [1.82, 2.24) is 20.1 Å². The molecule has 1 aliphatic rings. The predicted molar refractivity (Wildman–Crippen MR) is 174 cm³/mol. The van der Waals surface area contributed by atoms with Crippen LogP contribution in [0.5, 0.6) is 0 Å². The molecule has 0 bridgehead atoms. The molecule has 3 rings (SSSR count). The second-order valence-electron chi connectivity index (χ2n) is 14.9. The van der Waals surface area contributed by atoms with Gasteiger partial charge in [0.05, 0.1) is 11.2 Å². The van der Waals surface area contributed by atoms with Crippen molar-refractivity contribution in [2.24, 2.45) is 0 Å². The monoisotopic (exact) mass is 595 g/mol. The van der Waals surface area contributed by atoms with Gasteiger partial charge in [0.1, 0.15) is 17.1 Å². The highest BCUT2D eigenvalue weighted by atomic mass is 28.4. The Morgan fingerprint density at radius 2 is 1.81 bits per heavy atom. The molecule has 1 aliphatic carbocycles. The molecular weight excluding hydrogens is 542 g/mol. The number of hydrogen-bond acceptors (Lipinski definition) is 6. The van der Waals surface area contributed by atoms with E-state index in [4.69, 9.17) is 14.3 Å². The third-order valence-corrected chi connectivity index (χ3v) is 12.4. The summed E-state index contributed by atoms with van der Waals surface area (Å²) in [4.78, 5) is 16.2. The number of nitrogens with zero attached hydrogens (tertiary/aromatic N) is 3. The van der Waals surface area contributed by atoms with Gasteiger partial charge in [-0.2, -0.15) is 5.10 Å². The summed E-state index contributed by atoms with van der Waals surface area (Å²) < 4.78 is 14.1. The fourth-order valence-corrected chi connectivity index (χ4v) is 6.07. The lowest BCUT2D eigenvalue weighted by Crippen LogP contribution is -2.43. The van der Waals surface area contributed by atoms with Crippen LogP contribution in [-0.4, -0.2) is 47.4 Å². The van der Waals surface area contributed by atoms with Crippen molar-refractivity contribution < 1.29 is 14.0 Å². The summed E-state index contributed by atoms with van der Waals surface area (Å²) in [7, 11) is -1.80. The first-order valence-electron chi connectivity index (χ1n) is 15.3. The molecule has 1 amide bonds. The van der Waals surface area contributed by atoms with Crippen molar-refractivity contribution in [3.8, 4) is 11.8 Å². The maximum atomic E-state index is 11.8. The van der Waals surface area contributed by atoms with Gasteiger partial charge in [-0.15, -0.1) is 0 Å². The van der Waals surface area contributed by atoms with E-state index < -0.39 is 20.0 Å². The van der Waals surface area contributed by atoms with Crippen LogP contribution in [0.4, 0.5) is 16.3 Å². The van der Waals surface area contributed by atoms with Gasteiger partial charge in [0.2, 0.25) is 0 Å². The number of hydrogen-bond donors (Lipinski definition) is 2. The quantitative estimate of drug-likeness (QED) is 0.182. The maximum Gasteiger partial charge on any atom is 0.407 e.